The van der Waals surface area contributed by atoms with Crippen LogP contribution in [0.1, 0.15) is 12.6 Å². The molecule has 1 saturated heterocycles. The molecule has 210 valence electrons. The highest BCUT2D eigenvalue weighted by molar-refractivity contribution is 7.92. The van der Waals surface area contributed by atoms with Gasteiger partial charge in [-0.2, -0.15) is 0 Å². The summed E-state index contributed by atoms with van der Waals surface area (Å²) in [7, 11) is 0.615. The summed E-state index contributed by atoms with van der Waals surface area (Å²) in [5, 5.41) is 4.16. The van der Waals surface area contributed by atoms with Gasteiger partial charge in [0, 0.05) is 59.0 Å². The van der Waals surface area contributed by atoms with Crippen molar-refractivity contribution >= 4 is 44.6 Å². The van der Waals surface area contributed by atoms with E-state index < -0.39 is 16.1 Å². The van der Waals surface area contributed by atoms with Gasteiger partial charge < -0.3 is 20.0 Å². The maximum Gasteiger partial charge on any atom is 0.240 e. The second kappa shape index (κ2) is 12.7. The monoisotopic (exact) mass is 571 g/mol. The van der Waals surface area contributed by atoms with Gasteiger partial charge >= 0.3 is 0 Å². The van der Waals surface area contributed by atoms with Gasteiger partial charge in [0.1, 0.15) is 0 Å². The van der Waals surface area contributed by atoms with E-state index >= 15 is 0 Å². The summed E-state index contributed by atoms with van der Waals surface area (Å²) in [5.74, 6) is 0.0528. The lowest BCUT2D eigenvalue weighted by Crippen LogP contribution is -2.54. The van der Waals surface area contributed by atoms with Gasteiger partial charge in [0.25, 0.3) is 0 Å². The van der Waals surface area contributed by atoms with Crippen LogP contribution in [0, 0.1) is 0 Å². The third-order valence-electron chi connectivity index (χ3n) is 6.79. The van der Waals surface area contributed by atoms with Gasteiger partial charge in [0.15, 0.2) is 0 Å². The molecule has 1 aliphatic heterocycles. The number of benzene rings is 3. The standard InChI is InChI=1S/C29H36ClN5O3S.H2/c1-33(2)25-14-10-23(11-15-25)21-31-27(20-22-8-12-24(30)13-9-22)29(36)35-18-16-34(17-19-35)28-7-5-4-6-26(28)32-39(3,37)38;/h4-15,27,31-32H,16-21H2,1-3H3;1H/t27-;/m1./s1. The first kappa shape index (κ1) is 28.7. The van der Waals surface area contributed by atoms with Crippen LogP contribution in [-0.2, 0) is 27.8 Å². The predicted molar refractivity (Wildman–Crippen MR) is 162 cm³/mol. The average molecular weight is 572 g/mol. The normalized spacial score (nSPS) is 14.7. The van der Waals surface area contributed by atoms with Crippen molar-refractivity contribution in [1.82, 2.24) is 10.2 Å². The molecule has 0 aromatic heterocycles. The number of rotatable bonds is 10. The van der Waals surface area contributed by atoms with Gasteiger partial charge in [-0.1, -0.05) is 48.0 Å². The minimum Gasteiger partial charge on any atom is -0.378 e. The SMILES string of the molecule is CN(C)c1ccc(CN[C@H](Cc2ccc(Cl)cc2)C(=O)N2CCN(c3ccccc3NS(C)(=O)=O)CC2)cc1.[HH]. The molecule has 0 bridgehead atoms. The molecule has 0 spiro atoms. The first-order valence-corrected chi connectivity index (χ1v) is 15.2. The number of amides is 1. The van der Waals surface area contributed by atoms with Gasteiger partial charge in [0.2, 0.25) is 15.9 Å². The Morgan fingerprint density at radius 2 is 1.56 bits per heavy atom. The Hall–Kier alpha value is -3.27. The first-order valence-electron chi connectivity index (χ1n) is 12.9. The Labute approximate surface area is 238 Å². The summed E-state index contributed by atoms with van der Waals surface area (Å²) in [6.45, 7) is 2.87. The second-order valence-electron chi connectivity index (χ2n) is 10.0. The molecule has 2 N–H and O–H groups in total. The van der Waals surface area contributed by atoms with E-state index in [1.54, 1.807) is 12.1 Å². The second-order valence-corrected chi connectivity index (χ2v) is 12.2. The Morgan fingerprint density at radius 3 is 2.18 bits per heavy atom. The molecule has 1 heterocycles. The predicted octanol–water partition coefficient (Wildman–Crippen LogP) is 4.07. The number of sulfonamides is 1. The molecule has 0 unspecified atom stereocenters. The number of carbonyl (C=O) groups is 1. The number of piperazine rings is 1. The molecule has 1 fully saturated rings. The number of hydrogen-bond donors (Lipinski definition) is 2. The summed E-state index contributed by atoms with van der Waals surface area (Å²) in [6.07, 6.45) is 1.69. The summed E-state index contributed by atoms with van der Waals surface area (Å²) in [6, 6.07) is 22.9. The molecule has 3 aromatic carbocycles. The van der Waals surface area contributed by atoms with Crippen molar-refractivity contribution in [3.05, 3.63) is 88.9 Å². The maximum atomic E-state index is 13.8. The van der Waals surface area contributed by atoms with Crippen LogP contribution in [-0.4, -0.2) is 71.8 Å². The van der Waals surface area contributed by atoms with Gasteiger partial charge in [-0.05, 0) is 53.9 Å². The smallest absolute Gasteiger partial charge is 0.240 e. The highest BCUT2D eigenvalue weighted by Crippen LogP contribution is 2.27. The topological polar surface area (TPSA) is 85.0 Å². The minimum absolute atomic E-state index is 0. The van der Waals surface area contributed by atoms with Crippen LogP contribution in [0.2, 0.25) is 5.02 Å². The van der Waals surface area contributed by atoms with Gasteiger partial charge in [0.05, 0.1) is 23.7 Å². The quantitative estimate of drug-likeness (QED) is 0.382. The highest BCUT2D eigenvalue weighted by atomic mass is 35.5. The van der Waals surface area contributed by atoms with E-state index in [0.717, 1.165) is 28.8 Å². The largest absolute Gasteiger partial charge is 0.378 e. The van der Waals surface area contributed by atoms with Crippen LogP contribution < -0.4 is 19.8 Å². The zero-order chi connectivity index (χ0) is 28.0. The van der Waals surface area contributed by atoms with Crippen molar-refractivity contribution < 1.29 is 14.6 Å². The van der Waals surface area contributed by atoms with Crippen molar-refractivity contribution in [3.63, 3.8) is 0 Å². The highest BCUT2D eigenvalue weighted by Gasteiger charge is 2.28. The van der Waals surface area contributed by atoms with E-state index in [0.29, 0.717) is 49.9 Å². The fourth-order valence-corrected chi connectivity index (χ4v) is 5.38. The molecular formula is C29H38ClN5O3S. The van der Waals surface area contributed by atoms with Crippen LogP contribution in [0.4, 0.5) is 17.1 Å². The lowest BCUT2D eigenvalue weighted by molar-refractivity contribution is -0.133. The van der Waals surface area contributed by atoms with Crippen LogP contribution in [0.5, 0.6) is 0 Å². The summed E-state index contributed by atoms with van der Waals surface area (Å²) < 4.78 is 26.3. The molecular weight excluding hydrogens is 534 g/mol. The molecule has 10 heteroatoms. The zero-order valence-corrected chi connectivity index (χ0v) is 24.2. The molecule has 1 atom stereocenters. The van der Waals surface area contributed by atoms with Crippen molar-refractivity contribution in [2.75, 3.05) is 61.1 Å². The lowest BCUT2D eigenvalue weighted by atomic mass is 10.0. The van der Waals surface area contributed by atoms with Crippen LogP contribution in [0.25, 0.3) is 0 Å². The number of nitrogens with one attached hydrogen (secondary N) is 2. The molecule has 0 radical (unpaired) electrons. The number of nitrogens with zero attached hydrogens (tertiary/aromatic N) is 3. The van der Waals surface area contributed by atoms with Gasteiger partial charge in [-0.3, -0.25) is 9.52 Å². The van der Waals surface area contributed by atoms with Gasteiger partial charge in [-0.25, -0.2) is 8.42 Å². The third kappa shape index (κ3) is 8.11. The first-order chi connectivity index (χ1) is 18.6. The van der Waals surface area contributed by atoms with Crippen molar-refractivity contribution in [2.45, 2.75) is 19.0 Å². The molecule has 0 aliphatic carbocycles. The molecule has 1 amide bonds. The number of hydrogen-bond acceptors (Lipinski definition) is 6. The fourth-order valence-electron chi connectivity index (χ4n) is 4.68. The number of halogens is 1. The van der Waals surface area contributed by atoms with E-state index in [4.69, 9.17) is 11.6 Å². The van der Waals surface area contributed by atoms with E-state index in [2.05, 4.69) is 44.1 Å². The molecule has 3 aromatic rings. The van der Waals surface area contributed by atoms with E-state index in [1.165, 1.54) is 0 Å². The van der Waals surface area contributed by atoms with Crippen molar-refractivity contribution in [2.24, 2.45) is 0 Å². The van der Waals surface area contributed by atoms with Crippen molar-refractivity contribution in [3.8, 4) is 0 Å². The lowest BCUT2D eigenvalue weighted by Gasteiger charge is -2.38. The van der Waals surface area contributed by atoms with Crippen LogP contribution in [0.3, 0.4) is 0 Å². The molecule has 39 heavy (non-hydrogen) atoms. The van der Waals surface area contributed by atoms with E-state index in [1.807, 2.05) is 55.4 Å². The average Bonchev–Trinajstić information content (AvgIpc) is 2.91. The summed E-state index contributed by atoms with van der Waals surface area (Å²) in [4.78, 5) is 19.8. The maximum absolute atomic E-state index is 13.8. The number of anilines is 3. The van der Waals surface area contributed by atoms with Crippen LogP contribution in [0.15, 0.2) is 72.8 Å². The summed E-state index contributed by atoms with van der Waals surface area (Å²) >= 11 is 6.08. The molecule has 8 nitrogen and oxygen atoms in total. The number of carbonyl (C=O) groups excluding carboxylic acids is 1. The van der Waals surface area contributed by atoms with E-state index in [-0.39, 0.29) is 7.33 Å². The van der Waals surface area contributed by atoms with Crippen molar-refractivity contribution in [1.29, 1.82) is 0 Å². The third-order valence-corrected chi connectivity index (χ3v) is 7.63. The van der Waals surface area contributed by atoms with Crippen LogP contribution >= 0.6 is 11.6 Å². The van der Waals surface area contributed by atoms with E-state index in [9.17, 15) is 13.2 Å². The molecule has 1 aliphatic rings. The Bertz CT molecular complexity index is 1360. The van der Waals surface area contributed by atoms with Gasteiger partial charge in [-0.15, -0.1) is 0 Å². The molecule has 4 rings (SSSR count). The Morgan fingerprint density at radius 1 is 0.949 bits per heavy atom. The zero-order valence-electron chi connectivity index (χ0n) is 22.6. The number of para-hydroxylation sites is 2. The molecule has 0 saturated carbocycles. The Balaban J connectivity index is 0.00000441. The Kier molecular flexibility index (Phi) is 9.37. The minimum atomic E-state index is -3.40. The fraction of sp³-hybridized carbons (Fsp3) is 0.345. The summed E-state index contributed by atoms with van der Waals surface area (Å²) in [5.41, 5.74) is 4.62.